The number of rotatable bonds is 2. The number of hydrogen-bond acceptors (Lipinski definition) is 2. The lowest BCUT2D eigenvalue weighted by atomic mass is 10.3. The second-order valence-corrected chi connectivity index (χ2v) is 4.38. The summed E-state index contributed by atoms with van der Waals surface area (Å²) in [5, 5.41) is 3.40. The van der Waals surface area contributed by atoms with Crippen molar-refractivity contribution in [2.75, 3.05) is 5.32 Å². The monoisotopic (exact) mass is 300 g/mol. The van der Waals surface area contributed by atoms with E-state index in [0.29, 0.717) is 21.0 Å². The van der Waals surface area contributed by atoms with Crippen LogP contribution in [-0.4, -0.2) is 4.98 Å². The van der Waals surface area contributed by atoms with Gasteiger partial charge in [-0.3, -0.25) is 0 Å². The minimum absolute atomic E-state index is 0.328. The lowest BCUT2D eigenvalue weighted by Crippen LogP contribution is -1.96. The Kier molecular flexibility index (Phi) is 3.41. The van der Waals surface area contributed by atoms with Crippen molar-refractivity contribution >= 4 is 39.0 Å². The maximum Gasteiger partial charge on any atom is 0.146 e. The predicted octanol–water partition coefficient (Wildman–Crippen LogP) is 4.38. The molecular formula is C11H7BrClFN2. The first kappa shape index (κ1) is 11.4. The third-order valence-electron chi connectivity index (χ3n) is 1.93. The highest BCUT2D eigenvalue weighted by atomic mass is 79.9. The third kappa shape index (κ3) is 2.51. The zero-order valence-electron chi connectivity index (χ0n) is 8.05. The standard InChI is InChI=1S/C11H7BrClFN2/c12-8-5-7(13)6-15-11(8)16-10-4-2-1-3-9(10)14/h1-6H,(H,15,16). The van der Waals surface area contributed by atoms with Crippen LogP contribution in [0.3, 0.4) is 0 Å². The lowest BCUT2D eigenvalue weighted by molar-refractivity contribution is 0.632. The number of para-hydroxylation sites is 1. The summed E-state index contributed by atoms with van der Waals surface area (Å²) in [6.45, 7) is 0. The first-order valence-electron chi connectivity index (χ1n) is 4.49. The summed E-state index contributed by atoms with van der Waals surface area (Å²) in [6.07, 6.45) is 1.50. The number of pyridine rings is 1. The summed E-state index contributed by atoms with van der Waals surface area (Å²) in [4.78, 5) is 4.06. The van der Waals surface area contributed by atoms with Gasteiger partial charge in [0.15, 0.2) is 0 Å². The van der Waals surface area contributed by atoms with E-state index in [1.165, 1.54) is 12.3 Å². The van der Waals surface area contributed by atoms with Crippen molar-refractivity contribution in [2.45, 2.75) is 0 Å². The van der Waals surface area contributed by atoms with Gasteiger partial charge < -0.3 is 5.32 Å². The van der Waals surface area contributed by atoms with E-state index in [9.17, 15) is 4.39 Å². The van der Waals surface area contributed by atoms with Crippen LogP contribution in [0.1, 0.15) is 0 Å². The highest BCUT2D eigenvalue weighted by Gasteiger charge is 2.05. The van der Waals surface area contributed by atoms with Crippen LogP contribution in [0.4, 0.5) is 15.9 Å². The van der Waals surface area contributed by atoms with Crippen LogP contribution >= 0.6 is 27.5 Å². The molecule has 0 bridgehead atoms. The number of aromatic nitrogens is 1. The molecule has 0 aliphatic heterocycles. The zero-order valence-corrected chi connectivity index (χ0v) is 10.4. The van der Waals surface area contributed by atoms with Gasteiger partial charge in [-0.05, 0) is 34.1 Å². The van der Waals surface area contributed by atoms with Gasteiger partial charge in [0.1, 0.15) is 11.6 Å². The normalized spacial score (nSPS) is 10.2. The summed E-state index contributed by atoms with van der Waals surface area (Å²) in [6, 6.07) is 8.09. The van der Waals surface area contributed by atoms with Crippen molar-refractivity contribution in [3.8, 4) is 0 Å². The Morgan fingerprint density at radius 1 is 1.31 bits per heavy atom. The van der Waals surface area contributed by atoms with E-state index in [1.807, 2.05) is 0 Å². The SMILES string of the molecule is Fc1ccccc1Nc1ncc(Cl)cc1Br. The second kappa shape index (κ2) is 4.80. The molecule has 16 heavy (non-hydrogen) atoms. The maximum atomic E-state index is 13.4. The summed E-state index contributed by atoms with van der Waals surface area (Å²) in [7, 11) is 0. The minimum atomic E-state index is -0.328. The Morgan fingerprint density at radius 3 is 2.75 bits per heavy atom. The van der Waals surface area contributed by atoms with Crippen molar-refractivity contribution in [2.24, 2.45) is 0 Å². The molecule has 2 nitrogen and oxygen atoms in total. The van der Waals surface area contributed by atoms with E-state index < -0.39 is 0 Å². The number of nitrogens with one attached hydrogen (secondary N) is 1. The van der Waals surface area contributed by atoms with Crippen LogP contribution in [0.2, 0.25) is 5.02 Å². The molecule has 0 atom stereocenters. The highest BCUT2D eigenvalue weighted by Crippen LogP contribution is 2.26. The number of benzene rings is 1. The van der Waals surface area contributed by atoms with Crippen LogP contribution in [0.15, 0.2) is 41.0 Å². The molecule has 0 fully saturated rings. The van der Waals surface area contributed by atoms with Gasteiger partial charge in [0.2, 0.25) is 0 Å². The van der Waals surface area contributed by atoms with Crippen molar-refractivity contribution in [1.29, 1.82) is 0 Å². The average molecular weight is 302 g/mol. The molecule has 2 rings (SSSR count). The summed E-state index contributed by atoms with van der Waals surface area (Å²) in [5.41, 5.74) is 0.373. The lowest BCUT2D eigenvalue weighted by Gasteiger charge is -2.08. The molecule has 1 N–H and O–H groups in total. The van der Waals surface area contributed by atoms with E-state index in [1.54, 1.807) is 24.3 Å². The van der Waals surface area contributed by atoms with Crippen LogP contribution in [-0.2, 0) is 0 Å². The van der Waals surface area contributed by atoms with Gasteiger partial charge in [0.05, 0.1) is 15.2 Å². The molecule has 0 saturated carbocycles. The summed E-state index contributed by atoms with van der Waals surface area (Å²) >= 11 is 9.05. The van der Waals surface area contributed by atoms with Gasteiger partial charge in [-0.25, -0.2) is 9.37 Å². The predicted molar refractivity (Wildman–Crippen MR) is 66.6 cm³/mol. The van der Waals surface area contributed by atoms with E-state index in [-0.39, 0.29) is 5.82 Å². The number of hydrogen-bond donors (Lipinski definition) is 1. The molecule has 1 heterocycles. The minimum Gasteiger partial charge on any atom is -0.337 e. The summed E-state index contributed by atoms with van der Waals surface area (Å²) < 4.78 is 14.0. The highest BCUT2D eigenvalue weighted by molar-refractivity contribution is 9.10. The van der Waals surface area contributed by atoms with Crippen LogP contribution in [0.5, 0.6) is 0 Å². The molecule has 0 unspecified atom stereocenters. The van der Waals surface area contributed by atoms with Crippen molar-refractivity contribution < 1.29 is 4.39 Å². The molecule has 82 valence electrons. The molecule has 5 heteroatoms. The van der Waals surface area contributed by atoms with Gasteiger partial charge in [-0.2, -0.15) is 0 Å². The van der Waals surface area contributed by atoms with Crippen molar-refractivity contribution in [3.05, 3.63) is 51.8 Å². The van der Waals surface area contributed by atoms with Gasteiger partial charge in [-0.15, -0.1) is 0 Å². The smallest absolute Gasteiger partial charge is 0.146 e. The van der Waals surface area contributed by atoms with Crippen LogP contribution < -0.4 is 5.32 Å². The van der Waals surface area contributed by atoms with Crippen LogP contribution in [0.25, 0.3) is 0 Å². The van der Waals surface area contributed by atoms with Gasteiger partial charge in [-0.1, -0.05) is 23.7 Å². The Bertz CT molecular complexity index is 519. The van der Waals surface area contributed by atoms with Gasteiger partial charge >= 0.3 is 0 Å². The molecule has 0 aliphatic carbocycles. The molecule has 0 saturated heterocycles. The number of nitrogens with zero attached hydrogens (tertiary/aromatic N) is 1. The van der Waals surface area contributed by atoms with E-state index in [0.717, 1.165) is 0 Å². The van der Waals surface area contributed by atoms with Crippen molar-refractivity contribution in [3.63, 3.8) is 0 Å². The topological polar surface area (TPSA) is 24.9 Å². The molecule has 1 aromatic heterocycles. The molecule has 0 radical (unpaired) electrons. The molecule has 2 aromatic rings. The largest absolute Gasteiger partial charge is 0.337 e. The average Bonchev–Trinajstić information content (AvgIpc) is 2.25. The van der Waals surface area contributed by atoms with E-state index in [4.69, 9.17) is 11.6 Å². The second-order valence-electron chi connectivity index (χ2n) is 3.09. The number of halogens is 3. The molecule has 1 aromatic carbocycles. The molecule has 0 aliphatic rings. The maximum absolute atomic E-state index is 13.4. The quantitative estimate of drug-likeness (QED) is 0.890. The molecular weight excluding hydrogens is 294 g/mol. The first-order valence-corrected chi connectivity index (χ1v) is 5.66. The number of anilines is 2. The van der Waals surface area contributed by atoms with Gasteiger partial charge in [0, 0.05) is 6.20 Å². The van der Waals surface area contributed by atoms with E-state index >= 15 is 0 Å². The Hall–Kier alpha value is -1.13. The fourth-order valence-electron chi connectivity index (χ4n) is 1.20. The Balaban J connectivity index is 2.31. The molecule has 0 spiro atoms. The Morgan fingerprint density at radius 2 is 2.06 bits per heavy atom. The first-order chi connectivity index (χ1) is 7.66. The fourth-order valence-corrected chi connectivity index (χ4v) is 1.93. The Labute approximate surface area is 106 Å². The molecule has 0 amide bonds. The van der Waals surface area contributed by atoms with E-state index in [2.05, 4.69) is 26.2 Å². The fraction of sp³-hybridized carbons (Fsp3) is 0. The van der Waals surface area contributed by atoms with Crippen molar-refractivity contribution in [1.82, 2.24) is 4.98 Å². The van der Waals surface area contributed by atoms with Crippen LogP contribution in [0, 0.1) is 5.82 Å². The third-order valence-corrected chi connectivity index (χ3v) is 2.75. The zero-order chi connectivity index (χ0) is 11.5. The summed E-state index contributed by atoms with van der Waals surface area (Å²) in [5.74, 6) is 0.195. The van der Waals surface area contributed by atoms with Gasteiger partial charge in [0.25, 0.3) is 0 Å².